The van der Waals surface area contributed by atoms with Crippen molar-refractivity contribution in [3.63, 3.8) is 0 Å². The van der Waals surface area contributed by atoms with Crippen LogP contribution in [0.4, 0.5) is 8.78 Å². The fourth-order valence-corrected chi connectivity index (χ4v) is 3.72. The highest BCUT2D eigenvalue weighted by Crippen LogP contribution is 2.23. The molecule has 0 spiro atoms. The first kappa shape index (κ1) is 20.9. The minimum Gasteiger partial charge on any atom is -0.294 e. The van der Waals surface area contributed by atoms with E-state index in [0.717, 1.165) is 24.1 Å². The number of Topliss-reactive ketones (excluding diaryl/α,β-unsaturated/α-hetero) is 1. The zero-order chi connectivity index (χ0) is 21.6. The van der Waals surface area contributed by atoms with Gasteiger partial charge in [-0.2, -0.15) is 0 Å². The number of ketones is 1. The molecule has 0 aromatic heterocycles. The Morgan fingerprint density at radius 2 is 1.19 bits per heavy atom. The number of carbonyl (C=O) groups is 1. The van der Waals surface area contributed by atoms with Gasteiger partial charge in [-0.15, -0.1) is 0 Å². The highest BCUT2D eigenvalue weighted by Gasteiger charge is 2.26. The van der Waals surface area contributed by atoms with Crippen LogP contribution in [-0.4, -0.2) is 30.3 Å². The molecule has 0 amide bonds. The summed E-state index contributed by atoms with van der Waals surface area (Å²) in [6.45, 7) is 1.87. The molecule has 0 unspecified atom stereocenters. The third-order valence-electron chi connectivity index (χ3n) is 5.35. The summed E-state index contributed by atoms with van der Waals surface area (Å²) < 4.78 is 26.5. The maximum atomic E-state index is 13.3. The molecule has 1 fully saturated rings. The van der Waals surface area contributed by atoms with Crippen LogP contribution in [-0.2, 0) is 11.2 Å². The van der Waals surface area contributed by atoms with Crippen LogP contribution >= 0.6 is 0 Å². The minimum atomic E-state index is -0.307. The molecule has 3 aromatic carbocycles. The molecule has 0 bridgehead atoms. The molecule has 4 rings (SSSR count). The van der Waals surface area contributed by atoms with E-state index in [1.165, 1.54) is 29.8 Å². The second-order valence-corrected chi connectivity index (χ2v) is 7.72. The zero-order valence-corrected chi connectivity index (χ0v) is 17.1. The van der Waals surface area contributed by atoms with Crippen molar-refractivity contribution in [3.05, 3.63) is 118 Å². The van der Waals surface area contributed by atoms with E-state index in [-0.39, 0.29) is 17.4 Å². The highest BCUT2D eigenvalue weighted by atomic mass is 19.1. The molecule has 2 nitrogen and oxygen atoms in total. The van der Waals surface area contributed by atoms with Crippen LogP contribution in [0.1, 0.15) is 16.7 Å². The van der Waals surface area contributed by atoms with E-state index >= 15 is 0 Å². The molecule has 3 aromatic rings. The molecular weight excluding hydrogens is 392 g/mol. The predicted molar refractivity (Wildman–Crippen MR) is 120 cm³/mol. The van der Waals surface area contributed by atoms with E-state index in [2.05, 4.69) is 17.0 Å². The molecule has 31 heavy (non-hydrogen) atoms. The fourth-order valence-electron chi connectivity index (χ4n) is 3.72. The molecule has 1 aliphatic heterocycles. The van der Waals surface area contributed by atoms with Crippen LogP contribution in [0.25, 0.3) is 12.2 Å². The SMILES string of the molecule is O=C1C(=Cc2ccc(F)cc2)CN(CCc2ccccc2)CC1=Cc1ccc(F)cc1. The van der Waals surface area contributed by atoms with Gasteiger partial charge in [-0.05, 0) is 59.5 Å². The van der Waals surface area contributed by atoms with Gasteiger partial charge in [0.05, 0.1) is 0 Å². The molecule has 1 saturated heterocycles. The molecule has 0 radical (unpaired) electrons. The molecule has 1 heterocycles. The van der Waals surface area contributed by atoms with E-state index in [0.29, 0.717) is 24.2 Å². The van der Waals surface area contributed by atoms with Crippen molar-refractivity contribution < 1.29 is 13.6 Å². The maximum Gasteiger partial charge on any atom is 0.187 e. The van der Waals surface area contributed by atoms with E-state index < -0.39 is 0 Å². The second kappa shape index (κ2) is 9.63. The summed E-state index contributed by atoms with van der Waals surface area (Å²) in [7, 11) is 0. The fraction of sp³-hybridized carbons (Fsp3) is 0.148. The van der Waals surface area contributed by atoms with Gasteiger partial charge in [-0.3, -0.25) is 9.69 Å². The van der Waals surface area contributed by atoms with Crippen molar-refractivity contribution in [2.24, 2.45) is 0 Å². The third kappa shape index (κ3) is 5.62. The summed E-state index contributed by atoms with van der Waals surface area (Å²) >= 11 is 0. The van der Waals surface area contributed by atoms with Gasteiger partial charge >= 0.3 is 0 Å². The van der Waals surface area contributed by atoms with E-state index in [9.17, 15) is 13.6 Å². The highest BCUT2D eigenvalue weighted by molar-refractivity contribution is 6.14. The van der Waals surface area contributed by atoms with E-state index in [1.807, 2.05) is 30.4 Å². The maximum absolute atomic E-state index is 13.3. The van der Waals surface area contributed by atoms with Crippen LogP contribution in [0, 0.1) is 11.6 Å². The minimum absolute atomic E-state index is 0.0235. The number of benzene rings is 3. The summed E-state index contributed by atoms with van der Waals surface area (Å²) in [6.07, 6.45) is 4.53. The van der Waals surface area contributed by atoms with Crippen LogP contribution in [0.2, 0.25) is 0 Å². The van der Waals surface area contributed by atoms with Crippen molar-refractivity contribution in [2.45, 2.75) is 6.42 Å². The lowest BCUT2D eigenvalue weighted by Crippen LogP contribution is -2.38. The molecule has 1 aliphatic rings. The predicted octanol–water partition coefficient (Wildman–Crippen LogP) is 5.56. The van der Waals surface area contributed by atoms with Gasteiger partial charge in [0.25, 0.3) is 0 Å². The first-order chi connectivity index (χ1) is 15.1. The van der Waals surface area contributed by atoms with Crippen molar-refractivity contribution in [1.29, 1.82) is 0 Å². The Labute approximate surface area is 181 Å². The van der Waals surface area contributed by atoms with E-state index in [1.54, 1.807) is 24.3 Å². The Bertz CT molecular complexity index is 1030. The molecule has 156 valence electrons. The van der Waals surface area contributed by atoms with Gasteiger partial charge in [-0.25, -0.2) is 8.78 Å². The molecule has 0 atom stereocenters. The Kier molecular flexibility index (Phi) is 6.48. The molecule has 4 heteroatoms. The van der Waals surface area contributed by atoms with Crippen LogP contribution in [0.15, 0.2) is 90.0 Å². The van der Waals surface area contributed by atoms with Gasteiger partial charge < -0.3 is 0 Å². The smallest absolute Gasteiger partial charge is 0.187 e. The molecule has 0 N–H and O–H groups in total. The van der Waals surface area contributed by atoms with Crippen LogP contribution in [0.5, 0.6) is 0 Å². The molecule has 0 aliphatic carbocycles. The number of likely N-dealkylation sites (tertiary alicyclic amines) is 1. The topological polar surface area (TPSA) is 20.3 Å². The Balaban J connectivity index is 1.61. The lowest BCUT2D eigenvalue weighted by Gasteiger charge is -2.30. The summed E-state index contributed by atoms with van der Waals surface area (Å²) in [4.78, 5) is 15.4. The number of carbonyl (C=O) groups excluding carboxylic acids is 1. The van der Waals surface area contributed by atoms with Crippen LogP contribution in [0.3, 0.4) is 0 Å². The van der Waals surface area contributed by atoms with Crippen molar-refractivity contribution in [3.8, 4) is 0 Å². The van der Waals surface area contributed by atoms with Gasteiger partial charge in [-0.1, -0.05) is 54.6 Å². The van der Waals surface area contributed by atoms with Gasteiger partial charge in [0.2, 0.25) is 0 Å². The lowest BCUT2D eigenvalue weighted by molar-refractivity contribution is -0.113. The third-order valence-corrected chi connectivity index (χ3v) is 5.35. The number of rotatable bonds is 5. The van der Waals surface area contributed by atoms with Gasteiger partial charge in [0, 0.05) is 30.8 Å². The van der Waals surface area contributed by atoms with Crippen molar-refractivity contribution in [1.82, 2.24) is 4.90 Å². The van der Waals surface area contributed by atoms with Crippen molar-refractivity contribution in [2.75, 3.05) is 19.6 Å². The quantitative estimate of drug-likeness (QED) is 0.509. The molecular formula is C27H23F2NO. The Hall–Kier alpha value is -3.37. The van der Waals surface area contributed by atoms with E-state index in [4.69, 9.17) is 0 Å². The number of hydrogen-bond acceptors (Lipinski definition) is 2. The first-order valence-corrected chi connectivity index (χ1v) is 10.3. The summed E-state index contributed by atoms with van der Waals surface area (Å²) in [5.41, 5.74) is 4.15. The normalized spacial score (nSPS) is 17.4. The van der Waals surface area contributed by atoms with Gasteiger partial charge in [0.1, 0.15) is 11.6 Å². The standard InChI is InChI=1S/C27H23F2NO/c28-25-10-6-21(7-11-25)16-23-18-30(15-14-20-4-2-1-3-5-20)19-24(27(23)31)17-22-8-12-26(29)13-9-22/h1-13,16-17H,14-15,18-19H2. The number of piperidine rings is 1. The first-order valence-electron chi connectivity index (χ1n) is 10.3. The number of nitrogens with zero attached hydrogens (tertiary/aromatic N) is 1. The average Bonchev–Trinajstić information content (AvgIpc) is 2.79. The van der Waals surface area contributed by atoms with Crippen LogP contribution < -0.4 is 0 Å². The average molecular weight is 415 g/mol. The summed E-state index contributed by atoms with van der Waals surface area (Å²) in [6, 6.07) is 22.5. The Morgan fingerprint density at radius 3 is 1.68 bits per heavy atom. The zero-order valence-electron chi connectivity index (χ0n) is 17.1. The van der Waals surface area contributed by atoms with Crippen molar-refractivity contribution >= 4 is 17.9 Å². The Morgan fingerprint density at radius 1 is 0.710 bits per heavy atom. The number of hydrogen-bond donors (Lipinski definition) is 0. The second-order valence-electron chi connectivity index (χ2n) is 7.72. The monoisotopic (exact) mass is 415 g/mol. The lowest BCUT2D eigenvalue weighted by atomic mass is 9.94. The summed E-state index contributed by atoms with van der Waals surface area (Å²) in [5, 5.41) is 0. The van der Waals surface area contributed by atoms with Gasteiger partial charge in [0.15, 0.2) is 5.78 Å². The molecule has 0 saturated carbocycles. The largest absolute Gasteiger partial charge is 0.294 e. The number of halogens is 2. The summed E-state index contributed by atoms with van der Waals surface area (Å²) in [5.74, 6) is -0.637.